The van der Waals surface area contributed by atoms with Crippen LogP contribution in [0.15, 0.2) is 103 Å². The predicted octanol–water partition coefficient (Wildman–Crippen LogP) is 5.69. The summed E-state index contributed by atoms with van der Waals surface area (Å²) < 4.78 is 5.78. The number of ether oxygens (including phenoxy) is 1. The van der Waals surface area contributed by atoms with E-state index in [2.05, 4.69) is 0 Å². The van der Waals surface area contributed by atoms with Gasteiger partial charge < -0.3 is 9.84 Å². The van der Waals surface area contributed by atoms with Gasteiger partial charge in [0.25, 0.3) is 5.91 Å². The van der Waals surface area contributed by atoms with Gasteiger partial charge in [-0.25, -0.2) is 9.80 Å². The molecule has 0 saturated carbocycles. The van der Waals surface area contributed by atoms with Crippen LogP contribution in [0.4, 0.5) is 4.79 Å². The van der Waals surface area contributed by atoms with Gasteiger partial charge in [-0.1, -0.05) is 97.1 Å². The van der Waals surface area contributed by atoms with E-state index in [1.54, 1.807) is 12.1 Å². The number of aliphatic hydroxyl groups excluding tert-OH is 1. The molecule has 4 aromatic rings. The molecule has 6 nitrogen and oxygen atoms in total. The van der Waals surface area contributed by atoms with Gasteiger partial charge in [0.1, 0.15) is 6.10 Å². The third-order valence-corrected chi connectivity index (χ3v) is 7.19. The van der Waals surface area contributed by atoms with Crippen LogP contribution in [-0.4, -0.2) is 40.2 Å². The average Bonchev–Trinajstić information content (AvgIpc) is 2.94. The lowest BCUT2D eigenvalue weighted by molar-refractivity contribution is -0.170. The number of hydrogen-bond acceptors (Lipinski definition) is 5. The van der Waals surface area contributed by atoms with Gasteiger partial charge in [-0.3, -0.25) is 4.79 Å². The van der Waals surface area contributed by atoms with Crippen LogP contribution in [0, 0.1) is 5.92 Å². The second-order valence-corrected chi connectivity index (χ2v) is 9.53. The molecule has 0 aliphatic carbocycles. The average molecular weight is 495 g/mol. The number of hydrazine groups is 1. The highest BCUT2D eigenvalue weighted by Crippen LogP contribution is 2.35. The number of cyclic esters (lactones) is 1. The molecule has 37 heavy (non-hydrogen) atoms. The van der Waals surface area contributed by atoms with Crippen LogP contribution in [0.1, 0.15) is 35.8 Å². The zero-order valence-corrected chi connectivity index (χ0v) is 20.9. The Kier molecular flexibility index (Phi) is 7.04. The van der Waals surface area contributed by atoms with Crippen molar-refractivity contribution in [1.82, 2.24) is 10.0 Å². The molecule has 188 valence electrons. The van der Waals surface area contributed by atoms with Crippen LogP contribution in [0.25, 0.3) is 10.8 Å². The van der Waals surface area contributed by atoms with E-state index >= 15 is 0 Å². The summed E-state index contributed by atoms with van der Waals surface area (Å²) in [6.07, 6.45) is -2.12. The minimum atomic E-state index is -1.12. The van der Waals surface area contributed by atoms with Crippen molar-refractivity contribution < 1.29 is 19.4 Å². The van der Waals surface area contributed by atoms with Gasteiger partial charge >= 0.3 is 6.09 Å². The molecule has 0 bridgehead atoms. The van der Waals surface area contributed by atoms with E-state index in [1.165, 1.54) is 0 Å². The maximum atomic E-state index is 14.0. The van der Waals surface area contributed by atoms with E-state index in [4.69, 9.17) is 4.74 Å². The molecule has 1 N–H and O–H groups in total. The number of hydrogen-bond donors (Lipinski definition) is 1. The Morgan fingerprint density at radius 2 is 1.51 bits per heavy atom. The lowest BCUT2D eigenvalue weighted by Gasteiger charge is -2.44. The van der Waals surface area contributed by atoms with Gasteiger partial charge in [0.15, 0.2) is 0 Å². The minimum absolute atomic E-state index is 0.266. The van der Waals surface area contributed by atoms with Gasteiger partial charge in [0.2, 0.25) is 0 Å². The number of benzene rings is 4. The molecule has 0 aromatic heterocycles. The standard InChI is InChI=1S/C31H30N2O4/c1-21-29(24-14-7-4-8-15-24)37-31(36)33(32(21)2)30(35)27(19-22-11-5-3-6-12-22)28(34)26-18-17-23-13-9-10-16-25(23)20-26/h3-18,20-21,27-29,34H,19H2,1-2H3/t21-,27-,28+,29-/m0/s1. The zero-order valence-electron chi connectivity index (χ0n) is 20.9. The summed E-state index contributed by atoms with van der Waals surface area (Å²) in [7, 11) is 1.71. The first-order chi connectivity index (χ1) is 17.9. The van der Waals surface area contributed by atoms with Crippen LogP contribution >= 0.6 is 0 Å². The number of imide groups is 1. The molecule has 6 heteroatoms. The maximum absolute atomic E-state index is 14.0. The minimum Gasteiger partial charge on any atom is -0.438 e. The fourth-order valence-corrected chi connectivity index (χ4v) is 4.98. The predicted molar refractivity (Wildman–Crippen MR) is 142 cm³/mol. The Labute approximate surface area is 216 Å². The van der Waals surface area contributed by atoms with Crippen molar-refractivity contribution in [2.75, 3.05) is 7.05 Å². The molecule has 0 unspecified atom stereocenters. The van der Waals surface area contributed by atoms with Crippen molar-refractivity contribution in [3.63, 3.8) is 0 Å². The van der Waals surface area contributed by atoms with Gasteiger partial charge in [0.05, 0.1) is 18.1 Å². The molecule has 1 fully saturated rings. The van der Waals surface area contributed by atoms with E-state index in [9.17, 15) is 14.7 Å². The monoisotopic (exact) mass is 494 g/mol. The van der Waals surface area contributed by atoms with Crippen molar-refractivity contribution >= 4 is 22.8 Å². The van der Waals surface area contributed by atoms with Crippen LogP contribution in [-0.2, 0) is 16.0 Å². The summed E-state index contributed by atoms with van der Waals surface area (Å²) in [5.41, 5.74) is 2.37. The fourth-order valence-electron chi connectivity index (χ4n) is 4.98. The highest BCUT2D eigenvalue weighted by Gasteiger charge is 2.45. The molecule has 1 saturated heterocycles. The van der Waals surface area contributed by atoms with Crippen LogP contribution in [0.5, 0.6) is 0 Å². The number of fused-ring (bicyclic) bond motifs is 1. The Morgan fingerprint density at radius 3 is 2.22 bits per heavy atom. The summed E-state index contributed by atoms with van der Waals surface area (Å²) >= 11 is 0. The lowest BCUT2D eigenvalue weighted by Crippen LogP contribution is -2.60. The molecule has 4 aromatic carbocycles. The van der Waals surface area contributed by atoms with E-state index in [0.717, 1.165) is 26.9 Å². The van der Waals surface area contributed by atoms with Crippen molar-refractivity contribution in [1.29, 1.82) is 0 Å². The quantitative estimate of drug-likeness (QED) is 0.373. The van der Waals surface area contributed by atoms with Gasteiger partial charge in [0, 0.05) is 7.05 Å². The number of carbonyl (C=O) groups is 2. The topological polar surface area (TPSA) is 70.1 Å². The number of aliphatic hydroxyl groups is 1. The number of amides is 2. The largest absolute Gasteiger partial charge is 0.438 e. The molecule has 5 rings (SSSR count). The lowest BCUT2D eigenvalue weighted by atomic mass is 9.88. The van der Waals surface area contributed by atoms with Crippen molar-refractivity contribution in [3.05, 3.63) is 120 Å². The van der Waals surface area contributed by atoms with Crippen LogP contribution in [0.3, 0.4) is 0 Å². The Balaban J connectivity index is 1.47. The number of carbonyl (C=O) groups excluding carboxylic acids is 2. The molecular weight excluding hydrogens is 464 g/mol. The van der Waals surface area contributed by atoms with Crippen molar-refractivity contribution in [2.24, 2.45) is 5.92 Å². The summed E-state index contributed by atoms with van der Waals surface area (Å²) in [5, 5.41) is 16.2. The zero-order chi connectivity index (χ0) is 25.9. The first-order valence-electron chi connectivity index (χ1n) is 12.5. The smallest absolute Gasteiger partial charge is 0.432 e. The number of nitrogens with zero attached hydrogens (tertiary/aromatic N) is 2. The normalized spacial score (nSPS) is 19.9. The highest BCUT2D eigenvalue weighted by atomic mass is 16.6. The third kappa shape index (κ3) is 4.99. The number of rotatable bonds is 6. The van der Waals surface area contributed by atoms with E-state index in [0.29, 0.717) is 5.56 Å². The SMILES string of the molecule is C[C@H]1[C@@H](c2ccccc2)OC(=O)N(C(=O)[C@@H](Cc2ccccc2)[C@H](O)c2ccc3ccccc3c2)N1C. The molecule has 1 heterocycles. The molecule has 2 amide bonds. The van der Waals surface area contributed by atoms with Crippen molar-refractivity contribution in [2.45, 2.75) is 31.6 Å². The molecule has 1 aliphatic rings. The summed E-state index contributed by atoms with van der Waals surface area (Å²) in [6, 6.07) is 32.3. The van der Waals surface area contributed by atoms with E-state index in [-0.39, 0.29) is 12.5 Å². The van der Waals surface area contributed by atoms with E-state index in [1.807, 2.05) is 110 Å². The van der Waals surface area contributed by atoms with Gasteiger partial charge in [-0.2, -0.15) is 5.01 Å². The molecule has 4 atom stereocenters. The Hall–Kier alpha value is -4.00. The summed E-state index contributed by atoms with van der Waals surface area (Å²) in [5.74, 6) is -1.41. The van der Waals surface area contributed by atoms with Gasteiger partial charge in [-0.15, -0.1) is 0 Å². The summed E-state index contributed by atoms with van der Waals surface area (Å²) in [4.78, 5) is 27.2. The maximum Gasteiger partial charge on any atom is 0.432 e. The fraction of sp³-hybridized carbons (Fsp3) is 0.226. The Bertz CT molecular complexity index is 1390. The molecule has 0 radical (unpaired) electrons. The first-order valence-corrected chi connectivity index (χ1v) is 12.5. The first kappa shape index (κ1) is 24.7. The molecular formula is C31H30N2O4. The molecule has 0 spiro atoms. The number of likely N-dealkylation sites (N-methyl/N-ethyl adjacent to an activating group) is 1. The van der Waals surface area contributed by atoms with Crippen LogP contribution in [0.2, 0.25) is 0 Å². The second-order valence-electron chi connectivity index (χ2n) is 9.53. The van der Waals surface area contributed by atoms with E-state index < -0.39 is 30.1 Å². The summed E-state index contributed by atoms with van der Waals surface area (Å²) in [6.45, 7) is 1.91. The molecule has 1 aliphatic heterocycles. The highest BCUT2D eigenvalue weighted by molar-refractivity contribution is 5.94. The van der Waals surface area contributed by atoms with Crippen LogP contribution < -0.4 is 0 Å². The third-order valence-electron chi connectivity index (χ3n) is 7.19. The Morgan fingerprint density at radius 1 is 0.892 bits per heavy atom. The van der Waals surface area contributed by atoms with Crippen molar-refractivity contribution in [3.8, 4) is 0 Å². The second kappa shape index (κ2) is 10.5. The van der Waals surface area contributed by atoms with Gasteiger partial charge in [-0.05, 0) is 46.9 Å².